The van der Waals surface area contributed by atoms with E-state index in [-0.39, 0.29) is 0 Å². The minimum atomic E-state index is 0.728. The van der Waals surface area contributed by atoms with Crippen LogP contribution in [0.1, 0.15) is 50.5 Å². The number of piperidine rings is 1. The minimum Gasteiger partial charge on any atom is -0.385 e. The molecule has 0 amide bonds. The molecule has 2 fully saturated rings. The van der Waals surface area contributed by atoms with Crippen LogP contribution in [-0.2, 0) is 6.42 Å². The molecule has 1 saturated heterocycles. The second-order valence-electron chi connectivity index (χ2n) is 7.07. The van der Waals surface area contributed by atoms with Gasteiger partial charge in [-0.2, -0.15) is 0 Å². The van der Waals surface area contributed by atoms with Gasteiger partial charge < -0.3 is 10.2 Å². The van der Waals surface area contributed by atoms with Crippen LogP contribution in [0, 0.1) is 5.41 Å². The SMILES string of the molecule is c1cc2c(cc1N1CCC3(CCCC3)CC1)CCCN2. The van der Waals surface area contributed by atoms with Crippen LogP contribution in [0.25, 0.3) is 0 Å². The molecule has 0 unspecified atom stereocenters. The highest BCUT2D eigenvalue weighted by Gasteiger charge is 2.36. The third-order valence-corrected chi connectivity index (χ3v) is 5.88. The summed E-state index contributed by atoms with van der Waals surface area (Å²) in [5.41, 5.74) is 5.08. The van der Waals surface area contributed by atoms with Crippen molar-refractivity contribution in [2.75, 3.05) is 29.9 Å². The summed E-state index contributed by atoms with van der Waals surface area (Å²) in [6, 6.07) is 7.06. The molecule has 2 heterocycles. The van der Waals surface area contributed by atoms with E-state index in [4.69, 9.17) is 0 Å². The summed E-state index contributed by atoms with van der Waals surface area (Å²) in [5, 5.41) is 3.51. The van der Waals surface area contributed by atoms with Gasteiger partial charge in [0.1, 0.15) is 0 Å². The van der Waals surface area contributed by atoms with E-state index in [2.05, 4.69) is 28.4 Å². The number of aryl methyl sites for hydroxylation is 1. The molecule has 3 aliphatic rings. The number of benzene rings is 1. The molecule has 108 valence electrons. The lowest BCUT2D eigenvalue weighted by Crippen LogP contribution is -2.38. The Morgan fingerprint density at radius 2 is 1.75 bits per heavy atom. The Bertz CT molecular complexity index is 478. The van der Waals surface area contributed by atoms with E-state index in [9.17, 15) is 0 Å². The maximum atomic E-state index is 3.51. The van der Waals surface area contributed by atoms with Crippen LogP contribution in [0.15, 0.2) is 18.2 Å². The van der Waals surface area contributed by atoms with Crippen LogP contribution >= 0.6 is 0 Å². The Hall–Kier alpha value is -1.18. The molecule has 0 bridgehead atoms. The van der Waals surface area contributed by atoms with E-state index in [1.165, 1.54) is 81.4 Å². The maximum absolute atomic E-state index is 3.51. The number of hydrogen-bond donors (Lipinski definition) is 1. The highest BCUT2D eigenvalue weighted by Crippen LogP contribution is 2.46. The largest absolute Gasteiger partial charge is 0.385 e. The predicted molar refractivity (Wildman–Crippen MR) is 85.6 cm³/mol. The molecule has 2 aliphatic heterocycles. The van der Waals surface area contributed by atoms with Crippen molar-refractivity contribution in [2.45, 2.75) is 51.4 Å². The van der Waals surface area contributed by atoms with Gasteiger partial charge in [-0.25, -0.2) is 0 Å². The summed E-state index contributed by atoms with van der Waals surface area (Å²) < 4.78 is 0. The van der Waals surface area contributed by atoms with Crippen molar-refractivity contribution in [1.82, 2.24) is 0 Å². The van der Waals surface area contributed by atoms with Gasteiger partial charge in [-0.05, 0) is 67.7 Å². The fraction of sp³-hybridized carbons (Fsp3) is 0.667. The Morgan fingerprint density at radius 3 is 2.55 bits per heavy atom. The highest BCUT2D eigenvalue weighted by atomic mass is 15.1. The molecule has 1 N–H and O–H groups in total. The summed E-state index contributed by atoms with van der Waals surface area (Å²) in [6.45, 7) is 3.68. The van der Waals surface area contributed by atoms with E-state index in [0.717, 1.165) is 12.0 Å². The summed E-state index contributed by atoms with van der Waals surface area (Å²) in [5.74, 6) is 0. The van der Waals surface area contributed by atoms with Crippen LogP contribution in [0.5, 0.6) is 0 Å². The third kappa shape index (κ3) is 2.19. The molecule has 1 aromatic carbocycles. The molecule has 0 atom stereocenters. The first-order valence-electron chi connectivity index (χ1n) is 8.47. The molecule has 20 heavy (non-hydrogen) atoms. The second-order valence-corrected chi connectivity index (χ2v) is 7.07. The maximum Gasteiger partial charge on any atom is 0.0374 e. The predicted octanol–water partition coefficient (Wildman–Crippen LogP) is 4.21. The first-order valence-corrected chi connectivity index (χ1v) is 8.47. The highest BCUT2D eigenvalue weighted by molar-refractivity contribution is 5.62. The zero-order valence-electron chi connectivity index (χ0n) is 12.5. The van der Waals surface area contributed by atoms with Crippen molar-refractivity contribution in [3.8, 4) is 0 Å². The van der Waals surface area contributed by atoms with Gasteiger partial charge in [0.2, 0.25) is 0 Å². The van der Waals surface area contributed by atoms with Gasteiger partial charge >= 0.3 is 0 Å². The fourth-order valence-electron chi connectivity index (χ4n) is 4.52. The van der Waals surface area contributed by atoms with Gasteiger partial charge in [0, 0.05) is 31.0 Å². The molecular formula is C18H26N2. The van der Waals surface area contributed by atoms with Gasteiger partial charge in [-0.1, -0.05) is 12.8 Å². The number of anilines is 2. The molecule has 2 nitrogen and oxygen atoms in total. The molecule has 4 rings (SSSR count). The Morgan fingerprint density at radius 1 is 0.950 bits per heavy atom. The lowest BCUT2D eigenvalue weighted by molar-refractivity contribution is 0.226. The van der Waals surface area contributed by atoms with Crippen LogP contribution in [-0.4, -0.2) is 19.6 Å². The molecule has 0 radical (unpaired) electrons. The smallest absolute Gasteiger partial charge is 0.0374 e. The van der Waals surface area contributed by atoms with Crippen molar-refractivity contribution in [2.24, 2.45) is 5.41 Å². The van der Waals surface area contributed by atoms with Crippen molar-refractivity contribution < 1.29 is 0 Å². The molecule has 0 aromatic heterocycles. The Balaban J connectivity index is 1.48. The first-order chi connectivity index (χ1) is 9.85. The molecule has 1 saturated carbocycles. The van der Waals surface area contributed by atoms with Crippen molar-refractivity contribution >= 4 is 11.4 Å². The molecule has 1 aliphatic carbocycles. The topological polar surface area (TPSA) is 15.3 Å². The lowest BCUT2D eigenvalue weighted by atomic mass is 9.77. The summed E-state index contributed by atoms with van der Waals surface area (Å²) in [4.78, 5) is 2.62. The van der Waals surface area contributed by atoms with Crippen LogP contribution in [0.4, 0.5) is 11.4 Å². The third-order valence-electron chi connectivity index (χ3n) is 5.88. The van der Waals surface area contributed by atoms with Crippen molar-refractivity contribution in [3.05, 3.63) is 23.8 Å². The molecule has 1 aromatic rings. The monoisotopic (exact) mass is 270 g/mol. The average molecular weight is 270 g/mol. The number of rotatable bonds is 1. The van der Waals surface area contributed by atoms with Crippen LogP contribution in [0.2, 0.25) is 0 Å². The van der Waals surface area contributed by atoms with Gasteiger partial charge in [-0.3, -0.25) is 0 Å². The average Bonchev–Trinajstić information content (AvgIpc) is 2.96. The fourth-order valence-corrected chi connectivity index (χ4v) is 4.52. The Labute approximate surface area is 122 Å². The summed E-state index contributed by atoms with van der Waals surface area (Å²) in [7, 11) is 0. The minimum absolute atomic E-state index is 0.728. The number of nitrogens with one attached hydrogen (secondary N) is 1. The number of fused-ring (bicyclic) bond motifs is 1. The van der Waals surface area contributed by atoms with Crippen LogP contribution < -0.4 is 10.2 Å². The number of hydrogen-bond acceptors (Lipinski definition) is 2. The standard InChI is InChI=1S/C18H26N2/c1-2-8-18(7-1)9-12-20(13-10-18)16-5-6-17-15(14-16)4-3-11-19-17/h5-6,14,19H,1-4,7-13H2. The van der Waals surface area contributed by atoms with Gasteiger partial charge in [0.15, 0.2) is 0 Å². The normalized spacial score (nSPS) is 24.5. The van der Waals surface area contributed by atoms with E-state index in [1.807, 2.05) is 0 Å². The van der Waals surface area contributed by atoms with Crippen molar-refractivity contribution in [1.29, 1.82) is 0 Å². The first kappa shape index (κ1) is 12.6. The summed E-state index contributed by atoms with van der Waals surface area (Å²) in [6.07, 6.45) is 11.3. The summed E-state index contributed by atoms with van der Waals surface area (Å²) >= 11 is 0. The lowest BCUT2D eigenvalue weighted by Gasteiger charge is -2.40. The van der Waals surface area contributed by atoms with E-state index >= 15 is 0 Å². The van der Waals surface area contributed by atoms with Crippen molar-refractivity contribution in [3.63, 3.8) is 0 Å². The van der Waals surface area contributed by atoms with E-state index in [0.29, 0.717) is 0 Å². The quantitative estimate of drug-likeness (QED) is 0.822. The van der Waals surface area contributed by atoms with Crippen LogP contribution in [0.3, 0.4) is 0 Å². The number of nitrogens with zero attached hydrogens (tertiary/aromatic N) is 1. The van der Waals surface area contributed by atoms with Gasteiger partial charge in [0.05, 0.1) is 0 Å². The second kappa shape index (κ2) is 4.98. The molecule has 1 spiro atoms. The molecule has 2 heteroatoms. The van der Waals surface area contributed by atoms with E-state index in [1.54, 1.807) is 0 Å². The zero-order valence-corrected chi connectivity index (χ0v) is 12.5. The van der Waals surface area contributed by atoms with Gasteiger partial charge in [-0.15, -0.1) is 0 Å². The van der Waals surface area contributed by atoms with E-state index < -0.39 is 0 Å². The molecular weight excluding hydrogens is 244 g/mol. The van der Waals surface area contributed by atoms with Gasteiger partial charge in [0.25, 0.3) is 0 Å². The Kier molecular flexibility index (Phi) is 3.13. The zero-order chi connectivity index (χ0) is 13.4.